The summed E-state index contributed by atoms with van der Waals surface area (Å²) in [4.78, 5) is 0. The minimum atomic E-state index is 0.562. The molecule has 22 heavy (non-hydrogen) atoms. The lowest BCUT2D eigenvalue weighted by Crippen LogP contribution is -2.15. The Morgan fingerprint density at radius 2 is 1.86 bits per heavy atom. The predicted molar refractivity (Wildman–Crippen MR) is 82.2 cm³/mol. The molecule has 4 rings (SSSR count). The number of nitrogens with two attached hydrogens (primary N) is 1. The Kier molecular flexibility index (Phi) is 2.93. The van der Waals surface area contributed by atoms with Crippen molar-refractivity contribution in [1.82, 2.24) is 15.0 Å². The smallest absolute Gasteiger partial charge is 0.162 e. The topological polar surface area (TPSA) is 75.2 Å². The molecule has 0 radical (unpaired) electrons. The summed E-state index contributed by atoms with van der Waals surface area (Å²) < 4.78 is 12.8. The summed E-state index contributed by atoms with van der Waals surface area (Å²) in [6.07, 6.45) is 1.86. The van der Waals surface area contributed by atoms with Gasteiger partial charge in [-0.25, -0.2) is 4.68 Å². The zero-order valence-corrected chi connectivity index (χ0v) is 11.8. The van der Waals surface area contributed by atoms with Crippen molar-refractivity contribution in [3.05, 3.63) is 48.7 Å². The van der Waals surface area contributed by atoms with Crippen LogP contribution in [0.25, 0.3) is 16.9 Å². The van der Waals surface area contributed by atoms with E-state index in [4.69, 9.17) is 15.2 Å². The van der Waals surface area contributed by atoms with E-state index in [2.05, 4.69) is 10.3 Å². The summed E-state index contributed by atoms with van der Waals surface area (Å²) in [6.45, 7) is 1.14. The fourth-order valence-electron chi connectivity index (χ4n) is 2.39. The van der Waals surface area contributed by atoms with Gasteiger partial charge in [-0.15, -0.1) is 5.10 Å². The second-order valence-electron chi connectivity index (χ2n) is 5.00. The summed E-state index contributed by atoms with van der Waals surface area (Å²) >= 11 is 0. The van der Waals surface area contributed by atoms with Gasteiger partial charge >= 0.3 is 0 Å². The Morgan fingerprint density at radius 3 is 2.73 bits per heavy atom. The van der Waals surface area contributed by atoms with Crippen molar-refractivity contribution in [1.29, 1.82) is 0 Å². The molecule has 0 spiro atoms. The predicted octanol–water partition coefficient (Wildman–Crippen LogP) is 2.29. The lowest BCUT2D eigenvalue weighted by Gasteiger charge is -2.18. The lowest BCUT2D eigenvalue weighted by atomic mass is 10.1. The number of benzene rings is 2. The molecular weight excluding hydrogens is 280 g/mol. The van der Waals surface area contributed by atoms with Gasteiger partial charge in [0.05, 0.1) is 11.9 Å². The fourth-order valence-corrected chi connectivity index (χ4v) is 2.39. The second-order valence-corrected chi connectivity index (χ2v) is 5.00. The summed E-state index contributed by atoms with van der Waals surface area (Å²) in [5, 5.41) is 8.37. The fraction of sp³-hybridized carbons (Fsp3) is 0.125. The van der Waals surface area contributed by atoms with Crippen LogP contribution in [0.2, 0.25) is 0 Å². The van der Waals surface area contributed by atoms with Crippen molar-refractivity contribution >= 4 is 5.69 Å². The molecule has 0 unspecified atom stereocenters. The van der Waals surface area contributed by atoms with Crippen LogP contribution in [0.3, 0.4) is 0 Å². The molecule has 0 saturated heterocycles. The molecule has 2 heterocycles. The van der Waals surface area contributed by atoms with Gasteiger partial charge in [-0.2, -0.15) is 0 Å². The van der Waals surface area contributed by atoms with Crippen molar-refractivity contribution in [2.24, 2.45) is 0 Å². The van der Waals surface area contributed by atoms with Crippen LogP contribution >= 0.6 is 0 Å². The quantitative estimate of drug-likeness (QED) is 0.734. The largest absolute Gasteiger partial charge is 0.486 e. The molecule has 1 aliphatic heterocycles. The number of fused-ring (bicyclic) bond motifs is 1. The normalized spacial score (nSPS) is 13.1. The molecule has 6 nitrogen and oxygen atoms in total. The Labute approximate surface area is 127 Å². The first-order chi connectivity index (χ1) is 10.8. The number of hydrogen-bond donors (Lipinski definition) is 1. The third kappa shape index (κ3) is 2.24. The summed E-state index contributed by atoms with van der Waals surface area (Å²) in [6, 6.07) is 13.3. The molecule has 2 aromatic carbocycles. The minimum Gasteiger partial charge on any atom is -0.486 e. The monoisotopic (exact) mass is 294 g/mol. The molecule has 0 fully saturated rings. The van der Waals surface area contributed by atoms with Crippen LogP contribution in [0.5, 0.6) is 11.5 Å². The molecule has 0 atom stereocenters. The van der Waals surface area contributed by atoms with E-state index in [1.807, 2.05) is 48.7 Å². The van der Waals surface area contributed by atoms with E-state index in [0.29, 0.717) is 18.9 Å². The van der Waals surface area contributed by atoms with Crippen LogP contribution in [0.15, 0.2) is 48.7 Å². The Balaban J connectivity index is 1.69. The molecular formula is C16H14N4O2. The second kappa shape index (κ2) is 5.07. The molecule has 1 aromatic heterocycles. The molecule has 1 aliphatic rings. The van der Waals surface area contributed by atoms with Gasteiger partial charge in [-0.3, -0.25) is 0 Å². The summed E-state index contributed by atoms with van der Waals surface area (Å²) in [7, 11) is 0. The number of aromatic nitrogens is 3. The first-order valence-electron chi connectivity index (χ1n) is 6.98. The zero-order chi connectivity index (χ0) is 14.9. The van der Waals surface area contributed by atoms with E-state index in [9.17, 15) is 0 Å². The van der Waals surface area contributed by atoms with Gasteiger partial charge < -0.3 is 15.2 Å². The van der Waals surface area contributed by atoms with Gasteiger partial charge in [-0.1, -0.05) is 11.3 Å². The van der Waals surface area contributed by atoms with Crippen LogP contribution in [0.4, 0.5) is 5.69 Å². The number of nitrogens with zero attached hydrogens (tertiary/aromatic N) is 3. The van der Waals surface area contributed by atoms with Gasteiger partial charge in [0.15, 0.2) is 11.5 Å². The highest BCUT2D eigenvalue weighted by molar-refractivity contribution is 5.63. The maximum absolute atomic E-state index is 5.80. The minimum absolute atomic E-state index is 0.562. The first kappa shape index (κ1) is 12.7. The first-order valence-corrected chi connectivity index (χ1v) is 6.98. The van der Waals surface area contributed by atoms with Crippen molar-refractivity contribution in [3.8, 4) is 28.4 Å². The van der Waals surface area contributed by atoms with E-state index >= 15 is 0 Å². The van der Waals surface area contributed by atoms with E-state index in [1.165, 1.54) is 0 Å². The van der Waals surface area contributed by atoms with E-state index in [0.717, 1.165) is 28.4 Å². The molecule has 0 bridgehead atoms. The number of nitrogen functional groups attached to an aromatic ring is 1. The average molecular weight is 294 g/mol. The van der Waals surface area contributed by atoms with E-state index in [-0.39, 0.29) is 0 Å². The highest BCUT2D eigenvalue weighted by Crippen LogP contribution is 2.33. The molecule has 6 heteroatoms. The average Bonchev–Trinajstić information content (AvgIpc) is 3.04. The van der Waals surface area contributed by atoms with Crippen molar-refractivity contribution in [2.75, 3.05) is 18.9 Å². The highest BCUT2D eigenvalue weighted by Gasteiger charge is 2.14. The van der Waals surface area contributed by atoms with Gasteiger partial charge in [0.2, 0.25) is 0 Å². The summed E-state index contributed by atoms with van der Waals surface area (Å²) in [5.41, 5.74) is 9.05. The number of rotatable bonds is 2. The highest BCUT2D eigenvalue weighted by atomic mass is 16.6. The van der Waals surface area contributed by atoms with E-state index in [1.54, 1.807) is 4.68 Å². The Hall–Kier alpha value is -3.02. The van der Waals surface area contributed by atoms with Gasteiger partial charge in [0.1, 0.15) is 18.9 Å². The standard InChI is InChI=1S/C16H14N4O2/c17-12-2-1-3-13(9-12)20-10-14(18-19-20)11-4-5-15-16(8-11)22-7-6-21-15/h1-5,8-10H,6-7,17H2. The maximum atomic E-state index is 5.80. The molecule has 0 saturated carbocycles. The van der Waals surface area contributed by atoms with Crippen molar-refractivity contribution in [3.63, 3.8) is 0 Å². The molecule has 0 aliphatic carbocycles. The molecule has 2 N–H and O–H groups in total. The van der Waals surface area contributed by atoms with Gasteiger partial charge in [-0.05, 0) is 36.4 Å². The zero-order valence-electron chi connectivity index (χ0n) is 11.8. The molecule has 3 aromatic rings. The molecule has 0 amide bonds. The number of hydrogen-bond acceptors (Lipinski definition) is 5. The third-order valence-electron chi connectivity index (χ3n) is 3.47. The van der Waals surface area contributed by atoms with Gasteiger partial charge in [0.25, 0.3) is 0 Å². The van der Waals surface area contributed by atoms with Crippen molar-refractivity contribution < 1.29 is 9.47 Å². The Morgan fingerprint density at radius 1 is 1.00 bits per heavy atom. The maximum Gasteiger partial charge on any atom is 0.162 e. The van der Waals surface area contributed by atoms with Crippen LogP contribution in [0.1, 0.15) is 0 Å². The SMILES string of the molecule is Nc1cccc(-n2cc(-c3ccc4c(c3)OCCO4)nn2)c1. The van der Waals surface area contributed by atoms with Crippen LogP contribution in [0, 0.1) is 0 Å². The number of anilines is 1. The third-order valence-corrected chi connectivity index (χ3v) is 3.47. The van der Waals surface area contributed by atoms with Crippen LogP contribution in [-0.4, -0.2) is 28.2 Å². The Bertz CT molecular complexity index is 829. The van der Waals surface area contributed by atoms with Gasteiger partial charge in [0, 0.05) is 11.3 Å². The number of ether oxygens (including phenoxy) is 2. The van der Waals surface area contributed by atoms with Crippen molar-refractivity contribution in [2.45, 2.75) is 0 Å². The summed E-state index contributed by atoms with van der Waals surface area (Å²) in [5.74, 6) is 1.50. The molecule has 110 valence electrons. The lowest BCUT2D eigenvalue weighted by molar-refractivity contribution is 0.171. The van der Waals surface area contributed by atoms with Crippen LogP contribution in [-0.2, 0) is 0 Å². The van der Waals surface area contributed by atoms with Crippen LogP contribution < -0.4 is 15.2 Å². The van der Waals surface area contributed by atoms with E-state index < -0.39 is 0 Å².